The Balaban J connectivity index is 1.35. The largest absolute Gasteiger partial charge is 0.361 e. The summed E-state index contributed by atoms with van der Waals surface area (Å²) in [6.07, 6.45) is 4.37. The van der Waals surface area contributed by atoms with Gasteiger partial charge in [0.2, 0.25) is 0 Å². The van der Waals surface area contributed by atoms with E-state index in [-0.39, 0.29) is 5.82 Å². The minimum absolute atomic E-state index is 0.152. The lowest BCUT2D eigenvalue weighted by Crippen LogP contribution is -2.24. The van der Waals surface area contributed by atoms with E-state index in [2.05, 4.69) is 53.5 Å². The highest BCUT2D eigenvalue weighted by atomic mass is 19.1. The number of hydrogen-bond donors (Lipinski definition) is 1. The molecule has 1 fully saturated rings. The van der Waals surface area contributed by atoms with Crippen LogP contribution in [0.3, 0.4) is 0 Å². The fourth-order valence-electron chi connectivity index (χ4n) is 3.71. The Hall–Kier alpha value is -2.13. The number of H-pyrrole nitrogens is 1. The monoisotopic (exact) mass is 322 g/mol. The van der Waals surface area contributed by atoms with E-state index in [9.17, 15) is 4.39 Å². The van der Waals surface area contributed by atoms with Crippen molar-refractivity contribution in [2.75, 3.05) is 20.1 Å². The molecule has 1 saturated carbocycles. The normalized spacial score (nSPS) is 20.0. The van der Waals surface area contributed by atoms with E-state index < -0.39 is 0 Å². The second-order valence-corrected chi connectivity index (χ2v) is 7.03. The first kappa shape index (κ1) is 15.4. The summed E-state index contributed by atoms with van der Waals surface area (Å²) in [7, 11) is 2.20. The molecule has 0 aliphatic heterocycles. The second kappa shape index (κ2) is 6.40. The van der Waals surface area contributed by atoms with Gasteiger partial charge in [0.05, 0.1) is 0 Å². The van der Waals surface area contributed by atoms with Gasteiger partial charge in [-0.1, -0.05) is 30.3 Å². The van der Waals surface area contributed by atoms with E-state index in [1.807, 2.05) is 6.07 Å². The number of nitrogens with zero attached hydrogens (tertiary/aromatic N) is 1. The van der Waals surface area contributed by atoms with Crippen molar-refractivity contribution in [2.24, 2.45) is 5.92 Å². The number of likely N-dealkylation sites (N-methyl/N-ethyl adjacent to an activating group) is 1. The summed E-state index contributed by atoms with van der Waals surface area (Å²) in [6.45, 7) is 2.19. The average molecular weight is 322 g/mol. The fourth-order valence-corrected chi connectivity index (χ4v) is 3.71. The molecule has 2 unspecified atom stereocenters. The Morgan fingerprint density at radius 1 is 1.17 bits per heavy atom. The van der Waals surface area contributed by atoms with Crippen LogP contribution in [0.1, 0.15) is 23.5 Å². The van der Waals surface area contributed by atoms with Crippen LogP contribution >= 0.6 is 0 Å². The third-order valence-electron chi connectivity index (χ3n) is 5.17. The van der Waals surface area contributed by atoms with Crippen molar-refractivity contribution in [1.29, 1.82) is 0 Å². The molecule has 124 valence electrons. The Kier molecular flexibility index (Phi) is 4.11. The molecule has 24 heavy (non-hydrogen) atoms. The molecule has 2 nitrogen and oxygen atoms in total. The molecular weight excluding hydrogens is 299 g/mol. The number of aromatic amines is 1. The molecule has 1 N–H and O–H groups in total. The Morgan fingerprint density at radius 2 is 2.00 bits per heavy atom. The smallest absolute Gasteiger partial charge is 0.123 e. The second-order valence-electron chi connectivity index (χ2n) is 7.03. The highest BCUT2D eigenvalue weighted by molar-refractivity contribution is 5.84. The minimum Gasteiger partial charge on any atom is -0.361 e. The maximum absolute atomic E-state index is 13.5. The van der Waals surface area contributed by atoms with E-state index >= 15 is 0 Å². The number of nitrogens with one attached hydrogen (secondary N) is 1. The van der Waals surface area contributed by atoms with E-state index in [0.29, 0.717) is 11.8 Å². The molecule has 1 aromatic heterocycles. The standard InChI is InChI=1S/C21H23FN2/c1-24(10-9-15-5-3-2-4-6-15)14-16-11-18(16)20-13-23-21-8-7-17(22)12-19(20)21/h2-8,12-13,16,18,23H,9-11,14H2,1H3. The third-order valence-corrected chi connectivity index (χ3v) is 5.17. The van der Waals surface area contributed by atoms with Gasteiger partial charge in [0.1, 0.15) is 5.82 Å². The first-order chi connectivity index (χ1) is 11.7. The van der Waals surface area contributed by atoms with Crippen LogP contribution in [0.2, 0.25) is 0 Å². The minimum atomic E-state index is -0.152. The van der Waals surface area contributed by atoms with Gasteiger partial charge in [-0.2, -0.15) is 0 Å². The van der Waals surface area contributed by atoms with Gasteiger partial charge in [-0.05, 0) is 61.1 Å². The summed E-state index contributed by atoms with van der Waals surface area (Å²) >= 11 is 0. The number of fused-ring (bicyclic) bond motifs is 1. The van der Waals surface area contributed by atoms with Crippen molar-refractivity contribution in [3.8, 4) is 0 Å². The predicted molar refractivity (Wildman–Crippen MR) is 96.7 cm³/mol. The van der Waals surface area contributed by atoms with E-state index in [4.69, 9.17) is 0 Å². The van der Waals surface area contributed by atoms with Crippen molar-refractivity contribution >= 4 is 10.9 Å². The zero-order valence-corrected chi connectivity index (χ0v) is 14.0. The molecule has 0 spiro atoms. The van der Waals surface area contributed by atoms with Crippen LogP contribution in [0.5, 0.6) is 0 Å². The lowest BCUT2D eigenvalue weighted by Gasteiger charge is -2.16. The van der Waals surface area contributed by atoms with Crippen LogP contribution < -0.4 is 0 Å². The van der Waals surface area contributed by atoms with Gasteiger partial charge in [-0.3, -0.25) is 0 Å². The number of aromatic nitrogens is 1. The summed E-state index contributed by atoms with van der Waals surface area (Å²) in [5, 5.41) is 1.05. The quantitative estimate of drug-likeness (QED) is 0.703. The molecule has 0 amide bonds. The van der Waals surface area contributed by atoms with Crippen LogP contribution in [0.4, 0.5) is 4.39 Å². The summed E-state index contributed by atoms with van der Waals surface area (Å²) in [5.74, 6) is 1.10. The molecule has 3 aromatic rings. The Labute approximate surface area is 142 Å². The van der Waals surface area contributed by atoms with Crippen LogP contribution in [0, 0.1) is 11.7 Å². The predicted octanol–water partition coefficient (Wildman–Crippen LogP) is 4.59. The first-order valence-corrected chi connectivity index (χ1v) is 8.70. The summed E-state index contributed by atoms with van der Waals surface area (Å²) in [5.41, 5.74) is 3.71. The summed E-state index contributed by atoms with van der Waals surface area (Å²) in [4.78, 5) is 5.70. The van der Waals surface area contributed by atoms with E-state index in [1.165, 1.54) is 23.6 Å². The highest BCUT2D eigenvalue weighted by Gasteiger charge is 2.40. The molecule has 4 rings (SSSR count). The Bertz CT molecular complexity index is 824. The van der Waals surface area contributed by atoms with E-state index in [0.717, 1.165) is 30.4 Å². The van der Waals surface area contributed by atoms with Crippen molar-refractivity contribution in [3.63, 3.8) is 0 Å². The average Bonchev–Trinajstić information content (AvgIpc) is 3.22. The third kappa shape index (κ3) is 3.22. The number of halogens is 1. The van der Waals surface area contributed by atoms with Gasteiger partial charge in [0.25, 0.3) is 0 Å². The Morgan fingerprint density at radius 3 is 2.83 bits per heavy atom. The van der Waals surface area contributed by atoms with Crippen LogP contribution in [-0.4, -0.2) is 30.0 Å². The van der Waals surface area contributed by atoms with Crippen molar-refractivity contribution in [2.45, 2.75) is 18.8 Å². The number of rotatable bonds is 6. The zero-order valence-electron chi connectivity index (χ0n) is 14.0. The maximum Gasteiger partial charge on any atom is 0.123 e. The van der Waals surface area contributed by atoms with Crippen LogP contribution in [0.25, 0.3) is 10.9 Å². The molecular formula is C21H23FN2. The van der Waals surface area contributed by atoms with Gasteiger partial charge in [-0.25, -0.2) is 4.39 Å². The van der Waals surface area contributed by atoms with Gasteiger partial charge >= 0.3 is 0 Å². The molecule has 2 atom stereocenters. The lowest BCUT2D eigenvalue weighted by atomic mass is 10.1. The summed E-state index contributed by atoms with van der Waals surface area (Å²) < 4.78 is 13.5. The SMILES string of the molecule is CN(CCc1ccccc1)CC1CC1c1c[nH]c2ccc(F)cc12. The van der Waals surface area contributed by atoms with Crippen LogP contribution in [0.15, 0.2) is 54.7 Å². The molecule has 1 aliphatic rings. The molecule has 1 heterocycles. The maximum atomic E-state index is 13.5. The van der Waals surface area contributed by atoms with Crippen molar-refractivity contribution in [1.82, 2.24) is 9.88 Å². The van der Waals surface area contributed by atoms with Gasteiger partial charge in [-0.15, -0.1) is 0 Å². The molecule has 1 aliphatic carbocycles. The molecule has 3 heteroatoms. The highest BCUT2D eigenvalue weighted by Crippen LogP contribution is 2.49. The van der Waals surface area contributed by atoms with E-state index in [1.54, 1.807) is 6.07 Å². The van der Waals surface area contributed by atoms with Gasteiger partial charge in [0, 0.05) is 30.2 Å². The zero-order chi connectivity index (χ0) is 16.5. The first-order valence-electron chi connectivity index (χ1n) is 8.70. The van der Waals surface area contributed by atoms with Gasteiger partial charge in [0.15, 0.2) is 0 Å². The van der Waals surface area contributed by atoms with Crippen LogP contribution in [-0.2, 0) is 6.42 Å². The summed E-state index contributed by atoms with van der Waals surface area (Å²) in [6, 6.07) is 15.6. The fraction of sp³-hybridized carbons (Fsp3) is 0.333. The van der Waals surface area contributed by atoms with Crippen molar-refractivity contribution in [3.05, 3.63) is 71.7 Å². The van der Waals surface area contributed by atoms with Crippen molar-refractivity contribution < 1.29 is 4.39 Å². The lowest BCUT2D eigenvalue weighted by molar-refractivity contribution is 0.322. The molecule has 2 aromatic carbocycles. The number of benzene rings is 2. The molecule has 0 radical (unpaired) electrons. The molecule has 0 saturated heterocycles. The number of hydrogen-bond acceptors (Lipinski definition) is 1. The van der Waals surface area contributed by atoms with Gasteiger partial charge < -0.3 is 9.88 Å². The molecule has 0 bridgehead atoms. The topological polar surface area (TPSA) is 19.0 Å².